The van der Waals surface area contributed by atoms with Gasteiger partial charge in [0.1, 0.15) is 11.5 Å². The number of thioether (sulfide) groups is 1. The Hall–Kier alpha value is -0.630. The molecule has 1 rings (SSSR count). The monoisotopic (exact) mass is 238 g/mol. The number of hydrogen-bond donors (Lipinski definition) is 0. The van der Waals surface area contributed by atoms with Crippen LogP contribution in [-0.4, -0.2) is 11.0 Å². The minimum absolute atomic E-state index is 0.239. The molecule has 0 bridgehead atoms. The smallest absolute Gasteiger partial charge is 0.104 e. The highest BCUT2D eigenvalue weighted by Gasteiger charge is 2.12. The molecule has 0 fully saturated rings. The third-order valence-electron chi connectivity index (χ3n) is 2.68. The summed E-state index contributed by atoms with van der Waals surface area (Å²) < 4.78 is 5.80. The molecule has 2 heteroatoms. The fourth-order valence-electron chi connectivity index (χ4n) is 1.66. The van der Waals surface area contributed by atoms with E-state index in [4.69, 9.17) is 4.42 Å². The minimum Gasteiger partial charge on any atom is -0.466 e. The van der Waals surface area contributed by atoms with Crippen molar-refractivity contribution in [2.45, 2.75) is 45.3 Å². The highest BCUT2D eigenvalue weighted by molar-refractivity contribution is 8.00. The molecule has 16 heavy (non-hydrogen) atoms. The lowest BCUT2D eigenvalue weighted by Gasteiger charge is -2.18. The summed E-state index contributed by atoms with van der Waals surface area (Å²) in [4.78, 5) is 0. The average Bonchev–Trinajstić information content (AvgIpc) is 2.61. The first-order chi connectivity index (χ1) is 7.43. The van der Waals surface area contributed by atoms with Crippen LogP contribution in [0.4, 0.5) is 0 Å². The third-order valence-corrected chi connectivity index (χ3v) is 3.85. The zero-order chi connectivity index (χ0) is 12.2. The number of aryl methyl sites for hydroxylation is 2. The van der Waals surface area contributed by atoms with Crippen LogP contribution in [-0.2, 0) is 6.42 Å². The van der Waals surface area contributed by atoms with Gasteiger partial charge in [0, 0.05) is 11.2 Å². The molecule has 0 saturated carbocycles. The topological polar surface area (TPSA) is 13.1 Å². The Morgan fingerprint density at radius 3 is 2.62 bits per heavy atom. The van der Waals surface area contributed by atoms with Crippen molar-refractivity contribution in [2.24, 2.45) is 0 Å². The molecule has 0 aliphatic heterocycles. The van der Waals surface area contributed by atoms with Gasteiger partial charge in [-0.05, 0) is 52.5 Å². The maximum absolute atomic E-state index is 5.56. The summed E-state index contributed by atoms with van der Waals surface area (Å²) in [6.45, 7) is 8.69. The molecule has 0 unspecified atom stereocenters. The summed E-state index contributed by atoms with van der Waals surface area (Å²) in [5, 5.41) is 0. The summed E-state index contributed by atoms with van der Waals surface area (Å²) in [6.07, 6.45) is 6.59. The second-order valence-electron chi connectivity index (χ2n) is 4.81. The first-order valence-electron chi connectivity index (χ1n) is 5.72. The second kappa shape index (κ2) is 5.62. The van der Waals surface area contributed by atoms with E-state index in [0.29, 0.717) is 0 Å². The number of furan rings is 1. The summed E-state index contributed by atoms with van der Waals surface area (Å²) in [5.41, 5.74) is 1.44. The van der Waals surface area contributed by atoms with Crippen LogP contribution in [0.1, 0.15) is 38.7 Å². The Labute approximate surface area is 103 Å². The van der Waals surface area contributed by atoms with E-state index >= 15 is 0 Å². The van der Waals surface area contributed by atoms with Crippen molar-refractivity contribution < 1.29 is 4.42 Å². The van der Waals surface area contributed by atoms with Gasteiger partial charge in [0.05, 0.1) is 0 Å². The first kappa shape index (κ1) is 13.4. The highest BCUT2D eigenvalue weighted by Crippen LogP contribution is 2.25. The maximum Gasteiger partial charge on any atom is 0.104 e. The summed E-state index contributed by atoms with van der Waals surface area (Å²) in [5.74, 6) is 2.09. The maximum atomic E-state index is 5.56. The predicted molar refractivity (Wildman–Crippen MR) is 73.1 cm³/mol. The molecule has 0 aliphatic carbocycles. The molecule has 0 spiro atoms. The van der Waals surface area contributed by atoms with Crippen LogP contribution in [0, 0.1) is 6.92 Å². The lowest BCUT2D eigenvalue weighted by molar-refractivity contribution is 0.482. The summed E-state index contributed by atoms with van der Waals surface area (Å²) in [6, 6.07) is 4.10. The van der Waals surface area contributed by atoms with Gasteiger partial charge in [-0.3, -0.25) is 0 Å². The lowest BCUT2D eigenvalue weighted by Crippen LogP contribution is -2.10. The van der Waals surface area contributed by atoms with Crippen molar-refractivity contribution in [3.63, 3.8) is 0 Å². The standard InChI is InChI=1S/C14H22OS/c1-11(10-14(3,4)16-5)6-8-13-9-7-12(2)15-13/h7,9-10H,6,8H2,1-5H3/b11-10+. The van der Waals surface area contributed by atoms with E-state index in [2.05, 4.69) is 39.2 Å². The van der Waals surface area contributed by atoms with Gasteiger partial charge in [-0.2, -0.15) is 11.8 Å². The number of rotatable bonds is 5. The van der Waals surface area contributed by atoms with Gasteiger partial charge < -0.3 is 4.42 Å². The summed E-state index contributed by atoms with van der Waals surface area (Å²) in [7, 11) is 0. The molecule has 0 amide bonds. The van der Waals surface area contributed by atoms with Gasteiger partial charge in [-0.15, -0.1) is 0 Å². The van der Waals surface area contributed by atoms with Crippen molar-refractivity contribution in [1.82, 2.24) is 0 Å². The van der Waals surface area contributed by atoms with E-state index in [0.717, 1.165) is 24.4 Å². The molecule has 1 aromatic heterocycles. The molecule has 0 radical (unpaired) electrons. The van der Waals surface area contributed by atoms with Crippen LogP contribution in [0.15, 0.2) is 28.2 Å². The predicted octanol–water partition coefficient (Wildman–Crippen LogP) is 4.61. The molecule has 90 valence electrons. The van der Waals surface area contributed by atoms with E-state index < -0.39 is 0 Å². The molecule has 1 nitrogen and oxygen atoms in total. The van der Waals surface area contributed by atoms with E-state index in [1.807, 2.05) is 24.8 Å². The highest BCUT2D eigenvalue weighted by atomic mass is 32.2. The van der Waals surface area contributed by atoms with Crippen LogP contribution < -0.4 is 0 Å². The zero-order valence-corrected chi connectivity index (χ0v) is 11.8. The quantitative estimate of drug-likeness (QED) is 0.695. The molecular formula is C14H22OS. The molecule has 0 aliphatic rings. The van der Waals surface area contributed by atoms with E-state index in [1.54, 1.807) is 0 Å². The van der Waals surface area contributed by atoms with Crippen molar-refractivity contribution in [2.75, 3.05) is 6.26 Å². The Morgan fingerprint density at radius 1 is 1.44 bits per heavy atom. The largest absolute Gasteiger partial charge is 0.466 e. The molecule has 0 saturated heterocycles. The van der Waals surface area contributed by atoms with E-state index in [-0.39, 0.29) is 4.75 Å². The Balaban J connectivity index is 2.49. The van der Waals surface area contributed by atoms with Crippen molar-refractivity contribution in [3.8, 4) is 0 Å². The van der Waals surface area contributed by atoms with Crippen LogP contribution in [0.2, 0.25) is 0 Å². The molecule has 1 heterocycles. The van der Waals surface area contributed by atoms with Crippen molar-refractivity contribution in [3.05, 3.63) is 35.3 Å². The van der Waals surface area contributed by atoms with Crippen LogP contribution in [0.3, 0.4) is 0 Å². The van der Waals surface area contributed by atoms with E-state index in [9.17, 15) is 0 Å². The van der Waals surface area contributed by atoms with Crippen molar-refractivity contribution >= 4 is 11.8 Å². The molecule has 1 aromatic rings. The number of hydrogen-bond acceptors (Lipinski definition) is 2. The van der Waals surface area contributed by atoms with E-state index in [1.165, 1.54) is 5.57 Å². The molecule has 0 aromatic carbocycles. The normalized spacial score (nSPS) is 13.2. The minimum atomic E-state index is 0.239. The Bertz CT molecular complexity index is 361. The van der Waals surface area contributed by atoms with Gasteiger partial charge in [-0.25, -0.2) is 0 Å². The number of allylic oxidation sites excluding steroid dienone is 1. The molecule has 0 N–H and O–H groups in total. The summed E-state index contributed by atoms with van der Waals surface area (Å²) >= 11 is 1.88. The second-order valence-corrected chi connectivity index (χ2v) is 6.27. The zero-order valence-electron chi connectivity index (χ0n) is 11.0. The lowest BCUT2D eigenvalue weighted by atomic mass is 10.1. The van der Waals surface area contributed by atoms with Crippen LogP contribution in [0.25, 0.3) is 0 Å². The van der Waals surface area contributed by atoms with Gasteiger partial charge in [0.2, 0.25) is 0 Å². The fraction of sp³-hybridized carbons (Fsp3) is 0.571. The SMILES string of the molecule is CSC(C)(C)/C=C(\C)CCc1ccc(C)o1. The molecule has 0 atom stereocenters. The van der Waals surface area contributed by atoms with Gasteiger partial charge in [0.25, 0.3) is 0 Å². The molecular weight excluding hydrogens is 216 g/mol. The van der Waals surface area contributed by atoms with Gasteiger partial charge in [0.15, 0.2) is 0 Å². The van der Waals surface area contributed by atoms with Gasteiger partial charge >= 0.3 is 0 Å². The Kier molecular flexibility index (Phi) is 4.72. The third kappa shape index (κ3) is 4.48. The average molecular weight is 238 g/mol. The first-order valence-corrected chi connectivity index (χ1v) is 6.94. The van der Waals surface area contributed by atoms with Crippen LogP contribution in [0.5, 0.6) is 0 Å². The van der Waals surface area contributed by atoms with Crippen LogP contribution >= 0.6 is 11.8 Å². The van der Waals surface area contributed by atoms with Crippen molar-refractivity contribution in [1.29, 1.82) is 0 Å². The fourth-order valence-corrected chi connectivity index (χ4v) is 1.98. The van der Waals surface area contributed by atoms with Gasteiger partial charge in [-0.1, -0.05) is 11.6 Å². The Morgan fingerprint density at radius 2 is 2.12 bits per heavy atom.